The zero-order valence-corrected chi connectivity index (χ0v) is 25.5. The van der Waals surface area contributed by atoms with E-state index in [0.717, 1.165) is 6.33 Å². The molecule has 2 aromatic heterocycles. The fourth-order valence-electron chi connectivity index (χ4n) is 5.57. The molecule has 0 aromatic carbocycles. The van der Waals surface area contributed by atoms with Crippen molar-refractivity contribution in [2.45, 2.75) is 55.4 Å². The molecule has 46 heavy (non-hydrogen) atoms. The van der Waals surface area contributed by atoms with E-state index in [0.29, 0.717) is 11.3 Å². The van der Waals surface area contributed by atoms with Crippen molar-refractivity contribution >= 4 is 44.6 Å². The van der Waals surface area contributed by atoms with E-state index in [-0.39, 0.29) is 22.8 Å². The zero-order chi connectivity index (χ0) is 33.2. The first-order valence-corrected chi connectivity index (χ1v) is 16.5. The van der Waals surface area contributed by atoms with Gasteiger partial charge in [-0.05, 0) is 13.0 Å². The zero-order valence-electron chi connectivity index (χ0n) is 23.7. The van der Waals surface area contributed by atoms with Gasteiger partial charge in [0.1, 0.15) is 54.3 Å². The Balaban J connectivity index is 1.05. The van der Waals surface area contributed by atoms with Crippen LogP contribution in [0, 0.1) is 5.92 Å². The summed E-state index contributed by atoms with van der Waals surface area (Å²) >= 11 is 0. The van der Waals surface area contributed by atoms with E-state index in [1.54, 1.807) is 6.08 Å². The molecule has 2 saturated heterocycles. The van der Waals surface area contributed by atoms with Gasteiger partial charge in [-0.2, -0.15) is 4.31 Å². The lowest BCUT2D eigenvalue weighted by molar-refractivity contribution is -0.131. The van der Waals surface area contributed by atoms with E-state index < -0.39 is 83.2 Å². The van der Waals surface area contributed by atoms with E-state index in [4.69, 9.17) is 30.0 Å². The van der Waals surface area contributed by atoms with Crippen LogP contribution in [0.5, 0.6) is 0 Å². The molecule has 250 valence electrons. The van der Waals surface area contributed by atoms with Gasteiger partial charge in [0.15, 0.2) is 17.2 Å². The number of aromatic nitrogens is 4. The molecule has 4 aliphatic heterocycles. The van der Waals surface area contributed by atoms with Gasteiger partial charge >= 0.3 is 15.6 Å². The summed E-state index contributed by atoms with van der Waals surface area (Å²) in [4.78, 5) is 40.5. The van der Waals surface area contributed by atoms with E-state index in [2.05, 4.69) is 29.2 Å². The topological polar surface area (TPSA) is 322 Å². The summed E-state index contributed by atoms with van der Waals surface area (Å²) < 4.78 is 51.7. The van der Waals surface area contributed by atoms with E-state index in [1.807, 2.05) is 0 Å². The van der Waals surface area contributed by atoms with Gasteiger partial charge in [0, 0.05) is 18.0 Å². The molecule has 0 amide bonds. The number of fused-ring (bicyclic) bond motifs is 2. The quantitative estimate of drug-likeness (QED) is 0.123. The lowest BCUT2D eigenvalue weighted by Crippen LogP contribution is -2.43. The Morgan fingerprint density at radius 2 is 1.70 bits per heavy atom. The van der Waals surface area contributed by atoms with Gasteiger partial charge in [-0.25, -0.2) is 29.1 Å². The summed E-state index contributed by atoms with van der Waals surface area (Å²) in [5.41, 5.74) is 11.3. The van der Waals surface area contributed by atoms with Crippen molar-refractivity contribution in [3.8, 4) is 0 Å². The highest BCUT2D eigenvalue weighted by molar-refractivity contribution is 7.61. The summed E-state index contributed by atoms with van der Waals surface area (Å²) in [6.45, 7) is -0.369. The van der Waals surface area contributed by atoms with Crippen molar-refractivity contribution in [3.63, 3.8) is 0 Å². The molecule has 21 nitrogen and oxygen atoms in total. The summed E-state index contributed by atoms with van der Waals surface area (Å²) in [7, 11) is -10.7. The first-order chi connectivity index (χ1) is 21.6. The molecular formula is C23H30N8O13P2. The number of aliphatic imine (C=N–C) groups is 2. The van der Waals surface area contributed by atoms with Gasteiger partial charge in [0.2, 0.25) is 0 Å². The number of ether oxygens (including phenoxy) is 2. The number of nitrogens with zero attached hydrogens (tertiary/aromatic N) is 6. The molecule has 0 radical (unpaired) electrons. The minimum Gasteiger partial charge on any atom is -0.388 e. The normalized spacial score (nSPS) is 36.6. The van der Waals surface area contributed by atoms with Crippen molar-refractivity contribution in [1.82, 2.24) is 19.5 Å². The predicted molar refractivity (Wildman–Crippen MR) is 153 cm³/mol. The Bertz CT molecular complexity index is 1750. The van der Waals surface area contributed by atoms with Crippen LogP contribution in [0.15, 0.2) is 46.3 Å². The Kier molecular flexibility index (Phi) is 8.52. The van der Waals surface area contributed by atoms with Crippen LogP contribution in [0.2, 0.25) is 0 Å². The van der Waals surface area contributed by atoms with Crippen LogP contribution in [-0.4, -0.2) is 118 Å². The molecule has 4 aliphatic rings. The average Bonchev–Trinajstić information content (AvgIpc) is 3.76. The molecule has 0 saturated carbocycles. The molecule has 5 unspecified atom stereocenters. The lowest BCUT2D eigenvalue weighted by atomic mass is 9.88. The predicted octanol–water partition coefficient (Wildman–Crippen LogP) is -2.22. The minimum atomic E-state index is -5.38. The summed E-state index contributed by atoms with van der Waals surface area (Å²) in [6.07, 6.45) is -3.43. The Hall–Kier alpha value is -3.01. The molecule has 10 N–H and O–H groups in total. The second-order valence-corrected chi connectivity index (χ2v) is 13.9. The van der Waals surface area contributed by atoms with E-state index >= 15 is 0 Å². The number of allylic oxidation sites excluding steroid dienone is 2. The van der Waals surface area contributed by atoms with Gasteiger partial charge in [-0.1, -0.05) is 0 Å². The largest absolute Gasteiger partial charge is 0.481 e. The highest BCUT2D eigenvalue weighted by Gasteiger charge is 2.54. The first-order valence-electron chi connectivity index (χ1n) is 13.6. The molecule has 2 aromatic rings. The van der Waals surface area contributed by atoms with Crippen LogP contribution in [0.4, 0.5) is 5.82 Å². The third-order valence-corrected chi connectivity index (χ3v) is 10.5. The summed E-state index contributed by atoms with van der Waals surface area (Å²) in [5.74, 6) is -0.462. The number of hydrogen-bond donors (Lipinski definition) is 8. The molecular weight excluding hydrogens is 658 g/mol. The fourth-order valence-corrected chi connectivity index (χ4v) is 7.66. The van der Waals surface area contributed by atoms with E-state index in [1.165, 1.54) is 30.2 Å². The first kappa shape index (κ1) is 32.9. The third-order valence-electron chi connectivity index (χ3n) is 7.94. The van der Waals surface area contributed by atoms with Gasteiger partial charge in [0.25, 0.3) is 0 Å². The van der Waals surface area contributed by atoms with Gasteiger partial charge in [-0.15, -0.1) is 0 Å². The Labute approximate surface area is 258 Å². The summed E-state index contributed by atoms with van der Waals surface area (Å²) in [6, 6.07) is 0. The van der Waals surface area contributed by atoms with Gasteiger partial charge < -0.3 is 51.2 Å². The van der Waals surface area contributed by atoms with Gasteiger partial charge in [0.05, 0.1) is 37.3 Å². The SMILES string of the molecule is C[C@]1(n2cnc3c(N)ncnc32)O[C@@H](COP(=O)(O)OP(=O)(O)OC[C@H]2O[C@@H](C3C=NC(N)=C4C=CN=C43)[C@@H](O)C2O)C(O)[C@H]1O. The maximum absolute atomic E-state index is 12.6. The van der Waals surface area contributed by atoms with Crippen LogP contribution in [0.1, 0.15) is 6.92 Å². The molecule has 2 fully saturated rings. The number of aliphatic hydroxyl groups excluding tert-OH is 4. The van der Waals surface area contributed by atoms with Crippen molar-refractivity contribution in [2.75, 3.05) is 18.9 Å². The number of phosphoric ester groups is 2. The Morgan fingerprint density at radius 1 is 1.00 bits per heavy atom. The number of rotatable bonds is 10. The monoisotopic (exact) mass is 688 g/mol. The number of aliphatic hydroxyl groups is 4. The van der Waals surface area contributed by atoms with Crippen LogP contribution < -0.4 is 11.5 Å². The molecule has 23 heteroatoms. The lowest BCUT2D eigenvalue weighted by Gasteiger charge is -2.29. The van der Waals surface area contributed by atoms with Crippen molar-refractivity contribution in [3.05, 3.63) is 36.3 Å². The molecule has 0 bridgehead atoms. The fraction of sp³-hybridized carbons (Fsp3) is 0.522. The van der Waals surface area contributed by atoms with Crippen LogP contribution in [0.3, 0.4) is 0 Å². The molecule has 0 spiro atoms. The number of hydrogen-bond acceptors (Lipinski definition) is 18. The third kappa shape index (κ3) is 5.84. The van der Waals surface area contributed by atoms with Crippen molar-refractivity contribution in [1.29, 1.82) is 0 Å². The number of nitrogen functional groups attached to an aromatic ring is 1. The number of imidazole rings is 1. The van der Waals surface area contributed by atoms with Crippen molar-refractivity contribution < 1.29 is 62.2 Å². The maximum atomic E-state index is 12.6. The number of anilines is 1. The highest BCUT2D eigenvalue weighted by Crippen LogP contribution is 2.61. The molecule has 11 atom stereocenters. The average molecular weight is 688 g/mol. The second kappa shape index (κ2) is 11.9. The number of nitrogens with two attached hydrogens (primary N) is 2. The molecule has 6 rings (SSSR count). The minimum absolute atomic E-state index is 0.0520. The van der Waals surface area contributed by atoms with Crippen LogP contribution >= 0.6 is 15.6 Å². The molecule has 0 aliphatic carbocycles. The van der Waals surface area contributed by atoms with Gasteiger partial charge in [-0.3, -0.25) is 18.6 Å². The molecule has 6 heterocycles. The van der Waals surface area contributed by atoms with Crippen LogP contribution in [0.25, 0.3) is 11.2 Å². The van der Waals surface area contributed by atoms with Crippen LogP contribution in [-0.2, 0) is 37.7 Å². The second-order valence-electron chi connectivity index (χ2n) is 10.9. The standard InChI is InChI=1S/C23H30N8O13P2/c1-23(31-8-30-14-21(25)28-7-29-22(14)31)19(35)16(33)12(43-23)6-41-46(38,39)44-45(36,37)40-5-11-15(32)17(34)18(42-11)10-4-27-20(24)9-2-3-26-13(9)10/h2-4,7-8,10-12,15-19,32-35H,5-6,24H2,1H3,(H,36,37)(H,38,39)(H2,25,28,29)/t10?,11-,12+,15?,16?,17+,18+,19-,23+/m1/s1. The van der Waals surface area contributed by atoms with E-state index in [9.17, 15) is 39.3 Å². The summed E-state index contributed by atoms with van der Waals surface area (Å²) in [5, 5.41) is 42.5. The smallest absolute Gasteiger partial charge is 0.388 e. The number of phosphoric acid groups is 2. The highest BCUT2D eigenvalue weighted by atomic mass is 31.3. The van der Waals surface area contributed by atoms with Crippen molar-refractivity contribution in [2.24, 2.45) is 21.6 Å². The Morgan fingerprint density at radius 3 is 2.41 bits per heavy atom. The maximum Gasteiger partial charge on any atom is 0.481 e.